The molecule has 0 aliphatic rings. The van der Waals surface area contributed by atoms with Crippen molar-refractivity contribution in [2.75, 3.05) is 11.9 Å². The van der Waals surface area contributed by atoms with Crippen LogP contribution >= 0.6 is 11.3 Å². The Kier molecular flexibility index (Phi) is 4.40. The van der Waals surface area contributed by atoms with Crippen LogP contribution in [-0.4, -0.2) is 17.1 Å². The van der Waals surface area contributed by atoms with Gasteiger partial charge in [-0.15, -0.1) is 11.3 Å². The predicted octanol–water partition coefficient (Wildman–Crippen LogP) is 3.59. The Balaban J connectivity index is 2.33. The normalized spacial score (nSPS) is 12.5. The van der Waals surface area contributed by atoms with Crippen LogP contribution in [0, 0.1) is 19.7 Å². The van der Waals surface area contributed by atoms with Crippen LogP contribution in [0.2, 0.25) is 0 Å². The molecule has 0 radical (unpaired) electrons. The monoisotopic (exact) mass is 294 g/mol. The number of hydrogen-bond acceptors (Lipinski definition) is 4. The summed E-state index contributed by atoms with van der Waals surface area (Å²) in [6.07, 6.45) is -0.709. The second-order valence-corrected chi connectivity index (χ2v) is 6.11. The first kappa shape index (κ1) is 14.9. The van der Waals surface area contributed by atoms with Crippen molar-refractivity contribution in [3.8, 4) is 0 Å². The highest BCUT2D eigenvalue weighted by Crippen LogP contribution is 2.29. The molecule has 1 N–H and O–H groups in total. The highest BCUT2D eigenvalue weighted by atomic mass is 32.1. The molecule has 0 saturated carbocycles. The first-order valence-electron chi connectivity index (χ1n) is 6.48. The van der Waals surface area contributed by atoms with Gasteiger partial charge in [-0.05, 0) is 38.5 Å². The third-order valence-electron chi connectivity index (χ3n) is 3.24. The molecule has 20 heavy (non-hydrogen) atoms. The summed E-state index contributed by atoms with van der Waals surface area (Å²) in [6, 6.07) is 3.19. The lowest BCUT2D eigenvalue weighted by Crippen LogP contribution is -2.19. The number of aliphatic hydroxyl groups excluding tert-OH is 1. The van der Waals surface area contributed by atoms with E-state index in [-0.39, 0.29) is 5.82 Å². The van der Waals surface area contributed by atoms with Gasteiger partial charge >= 0.3 is 0 Å². The van der Waals surface area contributed by atoms with Crippen LogP contribution < -0.4 is 4.90 Å². The molecular formula is C15H19FN2OS. The van der Waals surface area contributed by atoms with E-state index in [2.05, 4.69) is 4.98 Å². The van der Waals surface area contributed by atoms with Crippen LogP contribution in [0.3, 0.4) is 0 Å². The number of anilines is 1. The van der Waals surface area contributed by atoms with Gasteiger partial charge in [0, 0.05) is 23.7 Å². The summed E-state index contributed by atoms with van der Waals surface area (Å²) in [5, 5.41) is 12.9. The van der Waals surface area contributed by atoms with Crippen LogP contribution in [0.25, 0.3) is 0 Å². The maximum Gasteiger partial charge on any atom is 0.126 e. The summed E-state index contributed by atoms with van der Waals surface area (Å²) in [6.45, 7) is 5.98. The van der Waals surface area contributed by atoms with Crippen molar-refractivity contribution in [2.24, 2.45) is 0 Å². The van der Waals surface area contributed by atoms with E-state index >= 15 is 0 Å². The van der Waals surface area contributed by atoms with Gasteiger partial charge in [0.2, 0.25) is 0 Å². The van der Waals surface area contributed by atoms with Gasteiger partial charge in [-0.1, -0.05) is 0 Å². The number of hydrogen-bond donors (Lipinski definition) is 1. The second kappa shape index (κ2) is 5.89. The zero-order chi connectivity index (χ0) is 14.9. The fourth-order valence-electron chi connectivity index (χ4n) is 2.16. The third-order valence-corrected chi connectivity index (χ3v) is 4.06. The van der Waals surface area contributed by atoms with Crippen molar-refractivity contribution in [1.29, 1.82) is 0 Å². The van der Waals surface area contributed by atoms with Crippen LogP contribution in [0.4, 0.5) is 10.1 Å². The molecular weight excluding hydrogens is 275 g/mol. The van der Waals surface area contributed by atoms with Gasteiger partial charge in [0.05, 0.1) is 23.4 Å². The standard InChI is InChI=1S/C15H19FN2OS/c1-9-5-15(13(10(2)19)6-14(9)16)18(4)7-12-8-20-11(3)17-12/h5-6,8,10,19H,7H2,1-4H3/t10-/m1/s1. The van der Waals surface area contributed by atoms with E-state index in [1.807, 2.05) is 24.3 Å². The number of thiazole rings is 1. The quantitative estimate of drug-likeness (QED) is 0.936. The minimum absolute atomic E-state index is 0.289. The molecule has 0 saturated heterocycles. The van der Waals surface area contributed by atoms with E-state index < -0.39 is 6.10 Å². The Labute approximate surface area is 122 Å². The average molecular weight is 294 g/mol. The van der Waals surface area contributed by atoms with Gasteiger partial charge in [0.15, 0.2) is 0 Å². The molecule has 0 fully saturated rings. The lowest BCUT2D eigenvalue weighted by Gasteiger charge is -2.23. The van der Waals surface area contributed by atoms with E-state index in [1.165, 1.54) is 6.07 Å². The molecule has 1 atom stereocenters. The zero-order valence-corrected chi connectivity index (χ0v) is 13.0. The van der Waals surface area contributed by atoms with E-state index in [1.54, 1.807) is 31.3 Å². The van der Waals surface area contributed by atoms with Gasteiger partial charge in [0.1, 0.15) is 5.82 Å². The van der Waals surface area contributed by atoms with Crippen LogP contribution in [0.1, 0.15) is 34.9 Å². The Morgan fingerprint density at radius 3 is 2.65 bits per heavy atom. The van der Waals surface area contributed by atoms with Crippen molar-refractivity contribution >= 4 is 17.0 Å². The van der Waals surface area contributed by atoms with E-state index in [9.17, 15) is 9.50 Å². The third kappa shape index (κ3) is 3.16. The Hall–Kier alpha value is -1.46. The number of rotatable bonds is 4. The smallest absolute Gasteiger partial charge is 0.126 e. The maximum atomic E-state index is 13.7. The summed E-state index contributed by atoms with van der Waals surface area (Å²) in [7, 11) is 1.92. The van der Waals surface area contributed by atoms with E-state index in [0.717, 1.165) is 16.4 Å². The lowest BCUT2D eigenvalue weighted by atomic mass is 10.0. The Morgan fingerprint density at radius 2 is 2.10 bits per heavy atom. The predicted molar refractivity (Wildman–Crippen MR) is 80.7 cm³/mol. The SMILES string of the molecule is Cc1nc(CN(C)c2cc(C)c(F)cc2[C@@H](C)O)cs1. The minimum atomic E-state index is -0.709. The number of aromatic nitrogens is 1. The lowest BCUT2D eigenvalue weighted by molar-refractivity contribution is 0.199. The summed E-state index contributed by atoms with van der Waals surface area (Å²) >= 11 is 1.61. The fourth-order valence-corrected chi connectivity index (χ4v) is 2.76. The second-order valence-electron chi connectivity index (χ2n) is 5.05. The van der Waals surface area contributed by atoms with Gasteiger partial charge in [0.25, 0.3) is 0 Å². The summed E-state index contributed by atoms with van der Waals surface area (Å²) in [4.78, 5) is 6.42. The molecule has 108 valence electrons. The molecule has 5 heteroatoms. The molecule has 0 bridgehead atoms. The van der Waals surface area contributed by atoms with Crippen molar-refractivity contribution in [2.45, 2.75) is 33.4 Å². The molecule has 1 heterocycles. The molecule has 3 nitrogen and oxygen atoms in total. The number of benzene rings is 1. The highest BCUT2D eigenvalue weighted by Gasteiger charge is 2.15. The molecule has 0 unspecified atom stereocenters. The van der Waals surface area contributed by atoms with E-state index in [0.29, 0.717) is 17.7 Å². The molecule has 0 aliphatic heterocycles. The van der Waals surface area contributed by atoms with Crippen molar-refractivity contribution in [3.05, 3.63) is 45.2 Å². The molecule has 0 spiro atoms. The van der Waals surface area contributed by atoms with E-state index in [4.69, 9.17) is 0 Å². The van der Waals surface area contributed by atoms with Gasteiger partial charge in [-0.3, -0.25) is 0 Å². The van der Waals surface area contributed by atoms with Crippen molar-refractivity contribution in [1.82, 2.24) is 4.98 Å². The van der Waals surface area contributed by atoms with Crippen LogP contribution in [-0.2, 0) is 6.54 Å². The fraction of sp³-hybridized carbons (Fsp3) is 0.400. The largest absolute Gasteiger partial charge is 0.389 e. The number of aliphatic hydroxyl groups is 1. The molecule has 1 aromatic carbocycles. The summed E-state index contributed by atoms with van der Waals surface area (Å²) in [5.41, 5.74) is 2.99. The Bertz CT molecular complexity index is 610. The first-order chi connectivity index (χ1) is 9.38. The van der Waals surface area contributed by atoms with Gasteiger partial charge in [-0.25, -0.2) is 9.37 Å². The summed E-state index contributed by atoms with van der Waals surface area (Å²) in [5.74, 6) is -0.289. The molecule has 0 aliphatic carbocycles. The first-order valence-corrected chi connectivity index (χ1v) is 7.36. The molecule has 1 aromatic heterocycles. The highest BCUT2D eigenvalue weighted by molar-refractivity contribution is 7.09. The summed E-state index contributed by atoms with van der Waals surface area (Å²) < 4.78 is 13.7. The van der Waals surface area contributed by atoms with Crippen LogP contribution in [0.15, 0.2) is 17.5 Å². The van der Waals surface area contributed by atoms with Gasteiger partial charge < -0.3 is 10.0 Å². The molecule has 0 amide bonds. The number of halogens is 1. The topological polar surface area (TPSA) is 36.4 Å². The zero-order valence-electron chi connectivity index (χ0n) is 12.1. The van der Waals surface area contributed by atoms with Crippen molar-refractivity contribution < 1.29 is 9.50 Å². The van der Waals surface area contributed by atoms with Crippen molar-refractivity contribution in [3.63, 3.8) is 0 Å². The Morgan fingerprint density at radius 1 is 1.40 bits per heavy atom. The molecule has 2 rings (SSSR count). The molecule has 2 aromatic rings. The number of aryl methyl sites for hydroxylation is 2. The number of nitrogens with zero attached hydrogens (tertiary/aromatic N) is 2. The maximum absolute atomic E-state index is 13.7. The minimum Gasteiger partial charge on any atom is -0.389 e. The average Bonchev–Trinajstić information content (AvgIpc) is 2.77. The van der Waals surface area contributed by atoms with Crippen LogP contribution in [0.5, 0.6) is 0 Å². The van der Waals surface area contributed by atoms with Gasteiger partial charge in [-0.2, -0.15) is 0 Å².